The molecule has 11 nitrogen and oxygen atoms in total. The number of fused-ring (bicyclic) bond motifs is 1. The van der Waals surface area contributed by atoms with Crippen LogP contribution >= 0.6 is 0 Å². The van der Waals surface area contributed by atoms with Crippen molar-refractivity contribution in [2.45, 2.75) is 75.8 Å². The van der Waals surface area contributed by atoms with Crippen molar-refractivity contribution < 1.29 is 14.0 Å². The van der Waals surface area contributed by atoms with Crippen LogP contribution in [0, 0.1) is 11.3 Å². The molecule has 0 saturated heterocycles. The van der Waals surface area contributed by atoms with Gasteiger partial charge in [0.05, 0.1) is 23.7 Å². The fraction of sp³-hybridized carbons (Fsp3) is 0.400. The maximum absolute atomic E-state index is 14.0. The summed E-state index contributed by atoms with van der Waals surface area (Å²) in [4.78, 5) is 35.7. The number of carbonyl (C=O) groups excluding carboxylic acids is 2. The van der Waals surface area contributed by atoms with E-state index in [1.54, 1.807) is 16.9 Å². The summed E-state index contributed by atoms with van der Waals surface area (Å²) in [6, 6.07) is 11.5. The van der Waals surface area contributed by atoms with Crippen molar-refractivity contribution in [3.8, 4) is 17.2 Å². The Morgan fingerprint density at radius 2 is 1.95 bits per heavy atom. The van der Waals surface area contributed by atoms with Gasteiger partial charge in [0.1, 0.15) is 22.6 Å². The SMILES string of the molecule is CC(C)(C)c1nn(C2CC2)c(C(N)=O)c1C(Cc1nc2ccc(-c3ccc(N)nc3)cc2o1)C(=O)NC1(C#N)CC1. The molecule has 0 aliphatic heterocycles. The van der Waals surface area contributed by atoms with E-state index in [1.807, 2.05) is 45.0 Å². The first-order chi connectivity index (χ1) is 19.5. The molecule has 2 fully saturated rings. The average molecular weight is 553 g/mol. The van der Waals surface area contributed by atoms with Gasteiger partial charge in [-0.05, 0) is 55.5 Å². The third kappa shape index (κ3) is 5.01. The van der Waals surface area contributed by atoms with E-state index in [2.05, 4.69) is 21.4 Å². The summed E-state index contributed by atoms with van der Waals surface area (Å²) < 4.78 is 7.87. The van der Waals surface area contributed by atoms with Crippen LogP contribution in [-0.4, -0.2) is 37.1 Å². The molecule has 6 rings (SSSR count). The normalized spacial score (nSPS) is 16.7. The molecule has 210 valence electrons. The second-order valence-electron chi connectivity index (χ2n) is 12.1. The third-order valence-corrected chi connectivity index (χ3v) is 7.71. The standard InChI is InChI=1S/C30H32N8O3/c1-29(2,3)26-24(25(27(33)39)38(37-26)18-6-7-18)19(28(40)36-30(15-31)10-11-30)13-23-35-20-8-4-16(12-21(20)41-23)17-5-9-22(32)34-14-17/h4-5,8-9,12,14,18-19H,6-7,10-11,13H2,1-3H3,(H2,32,34)(H2,33,39)(H,36,40). The lowest BCUT2D eigenvalue weighted by Crippen LogP contribution is -2.40. The van der Waals surface area contributed by atoms with Gasteiger partial charge in [-0.2, -0.15) is 10.4 Å². The summed E-state index contributed by atoms with van der Waals surface area (Å²) in [5, 5.41) is 17.5. The average Bonchev–Trinajstić information content (AvgIpc) is 3.83. The molecule has 41 heavy (non-hydrogen) atoms. The van der Waals surface area contributed by atoms with Crippen LogP contribution in [0.2, 0.25) is 0 Å². The van der Waals surface area contributed by atoms with Gasteiger partial charge in [0, 0.05) is 29.2 Å². The van der Waals surface area contributed by atoms with E-state index in [1.165, 1.54) is 0 Å². The molecule has 2 aliphatic carbocycles. The number of anilines is 1. The molecular formula is C30H32N8O3. The summed E-state index contributed by atoms with van der Waals surface area (Å²) in [5.74, 6) is -1.18. The molecular weight excluding hydrogens is 520 g/mol. The predicted octanol–water partition coefficient (Wildman–Crippen LogP) is 3.90. The highest BCUT2D eigenvalue weighted by molar-refractivity contribution is 5.96. The first kappa shape index (κ1) is 26.5. The summed E-state index contributed by atoms with van der Waals surface area (Å²) in [7, 11) is 0. The zero-order chi connectivity index (χ0) is 29.1. The minimum atomic E-state index is -0.904. The Morgan fingerprint density at radius 1 is 1.22 bits per heavy atom. The third-order valence-electron chi connectivity index (χ3n) is 7.71. The van der Waals surface area contributed by atoms with Gasteiger partial charge < -0.3 is 21.2 Å². The summed E-state index contributed by atoms with van der Waals surface area (Å²) in [6.45, 7) is 5.96. The molecule has 2 amide bonds. The molecule has 0 bridgehead atoms. The Kier molecular flexibility index (Phi) is 6.10. The maximum Gasteiger partial charge on any atom is 0.267 e. The molecule has 2 saturated carbocycles. The number of nitrogen functional groups attached to an aromatic ring is 1. The van der Waals surface area contributed by atoms with E-state index in [-0.39, 0.29) is 24.1 Å². The number of rotatable bonds is 8. The summed E-state index contributed by atoms with van der Waals surface area (Å²) >= 11 is 0. The van der Waals surface area contributed by atoms with Gasteiger partial charge in [-0.1, -0.05) is 26.8 Å². The van der Waals surface area contributed by atoms with Gasteiger partial charge in [0.2, 0.25) is 5.91 Å². The second-order valence-corrected chi connectivity index (χ2v) is 12.1. The highest BCUT2D eigenvalue weighted by Gasteiger charge is 2.47. The van der Waals surface area contributed by atoms with Crippen molar-refractivity contribution >= 4 is 28.7 Å². The van der Waals surface area contributed by atoms with Crippen molar-refractivity contribution in [1.82, 2.24) is 25.1 Å². The van der Waals surface area contributed by atoms with Crippen LogP contribution in [-0.2, 0) is 16.6 Å². The molecule has 1 unspecified atom stereocenters. The van der Waals surface area contributed by atoms with Gasteiger partial charge in [0.15, 0.2) is 11.5 Å². The van der Waals surface area contributed by atoms with Crippen LogP contribution < -0.4 is 16.8 Å². The molecule has 1 atom stereocenters. The van der Waals surface area contributed by atoms with Crippen molar-refractivity contribution in [1.29, 1.82) is 5.26 Å². The van der Waals surface area contributed by atoms with Gasteiger partial charge in [0.25, 0.3) is 5.91 Å². The van der Waals surface area contributed by atoms with E-state index in [9.17, 15) is 14.9 Å². The first-order valence-electron chi connectivity index (χ1n) is 13.8. The number of oxazole rings is 1. The van der Waals surface area contributed by atoms with E-state index in [0.717, 1.165) is 24.0 Å². The Labute approximate surface area is 236 Å². The van der Waals surface area contributed by atoms with Crippen LogP contribution in [0.15, 0.2) is 40.9 Å². The van der Waals surface area contributed by atoms with Gasteiger partial charge in [-0.25, -0.2) is 9.97 Å². The largest absolute Gasteiger partial charge is 0.441 e. The number of hydrogen-bond acceptors (Lipinski definition) is 8. The van der Waals surface area contributed by atoms with E-state index in [4.69, 9.17) is 21.0 Å². The van der Waals surface area contributed by atoms with Crippen LogP contribution in [0.3, 0.4) is 0 Å². The summed E-state index contributed by atoms with van der Waals surface area (Å²) in [6.07, 6.45) is 4.66. The number of aromatic nitrogens is 4. The minimum Gasteiger partial charge on any atom is -0.441 e. The number of primary amides is 1. The number of nitrogens with zero attached hydrogens (tertiary/aromatic N) is 5. The quantitative estimate of drug-likeness (QED) is 0.294. The van der Waals surface area contributed by atoms with Crippen LogP contribution in [0.1, 0.15) is 86.1 Å². The Balaban J connectivity index is 1.44. The van der Waals surface area contributed by atoms with Crippen LogP contribution in [0.25, 0.3) is 22.2 Å². The molecule has 0 spiro atoms. The zero-order valence-corrected chi connectivity index (χ0v) is 23.3. The second kappa shape index (κ2) is 9.44. The molecule has 3 aromatic heterocycles. The lowest BCUT2D eigenvalue weighted by Gasteiger charge is -2.23. The maximum atomic E-state index is 14.0. The number of carbonyl (C=O) groups is 2. The van der Waals surface area contributed by atoms with Crippen LogP contribution in [0.5, 0.6) is 0 Å². The fourth-order valence-electron chi connectivity index (χ4n) is 5.19. The lowest BCUT2D eigenvalue weighted by atomic mass is 9.82. The van der Waals surface area contributed by atoms with Crippen molar-refractivity contribution in [2.75, 3.05) is 5.73 Å². The molecule has 2 aliphatic rings. The van der Waals surface area contributed by atoms with Crippen LogP contribution in [0.4, 0.5) is 5.82 Å². The van der Waals surface area contributed by atoms with Gasteiger partial charge >= 0.3 is 0 Å². The van der Waals surface area contributed by atoms with Crippen molar-refractivity contribution in [3.05, 3.63) is 59.4 Å². The molecule has 0 radical (unpaired) electrons. The minimum absolute atomic E-state index is 0.0561. The van der Waals surface area contributed by atoms with E-state index < -0.39 is 22.8 Å². The predicted molar refractivity (Wildman–Crippen MR) is 152 cm³/mol. The highest BCUT2D eigenvalue weighted by Crippen LogP contribution is 2.42. The van der Waals surface area contributed by atoms with Gasteiger partial charge in [-0.3, -0.25) is 14.3 Å². The number of hydrogen-bond donors (Lipinski definition) is 3. The molecule has 1 aromatic carbocycles. The number of nitrogens with one attached hydrogen (secondary N) is 1. The fourth-order valence-corrected chi connectivity index (χ4v) is 5.19. The Morgan fingerprint density at radius 3 is 2.54 bits per heavy atom. The smallest absolute Gasteiger partial charge is 0.267 e. The number of amides is 2. The number of pyridine rings is 1. The lowest BCUT2D eigenvalue weighted by molar-refractivity contribution is -0.123. The highest BCUT2D eigenvalue weighted by atomic mass is 16.3. The number of nitrogens with two attached hydrogens (primary N) is 2. The van der Waals surface area contributed by atoms with Crippen molar-refractivity contribution in [3.63, 3.8) is 0 Å². The molecule has 11 heteroatoms. The Hall–Kier alpha value is -4.72. The Bertz CT molecular complexity index is 1710. The number of benzene rings is 1. The topological polar surface area (TPSA) is 179 Å². The van der Waals surface area contributed by atoms with E-state index in [0.29, 0.717) is 46.9 Å². The molecule has 3 heterocycles. The van der Waals surface area contributed by atoms with Gasteiger partial charge in [-0.15, -0.1) is 0 Å². The first-order valence-corrected chi connectivity index (χ1v) is 13.8. The zero-order valence-electron chi connectivity index (χ0n) is 23.3. The number of nitriles is 1. The molecule has 4 aromatic rings. The van der Waals surface area contributed by atoms with Crippen molar-refractivity contribution in [2.24, 2.45) is 5.73 Å². The molecule has 5 N–H and O–H groups in total. The monoisotopic (exact) mass is 552 g/mol. The van der Waals surface area contributed by atoms with E-state index >= 15 is 0 Å². The summed E-state index contributed by atoms with van der Waals surface area (Å²) in [5.41, 5.74) is 14.5.